The van der Waals surface area contributed by atoms with Crippen LogP contribution in [0.5, 0.6) is 5.88 Å². The molecular weight excluding hydrogens is 316 g/mol. The molecule has 8 heteroatoms. The summed E-state index contributed by atoms with van der Waals surface area (Å²) in [6.45, 7) is 1.97. The molecule has 0 aliphatic heterocycles. The molecule has 1 aliphatic rings. The van der Waals surface area contributed by atoms with E-state index in [4.69, 9.17) is 10.00 Å². The standard InChI is InChI=1S/C15H22N4O3S/c1-2-3-10-23(20,21)19-12-4-6-13(7-5-12)22-15-14(11-16)17-8-9-18-15/h8-9,12-13,19H,2-7,10H2,1H3. The maximum atomic E-state index is 11.9. The van der Waals surface area contributed by atoms with Crippen molar-refractivity contribution in [3.8, 4) is 11.9 Å². The second-order valence-electron chi connectivity index (χ2n) is 5.70. The van der Waals surface area contributed by atoms with Crippen LogP contribution in [0.15, 0.2) is 12.4 Å². The van der Waals surface area contributed by atoms with E-state index in [2.05, 4.69) is 14.7 Å². The zero-order valence-electron chi connectivity index (χ0n) is 13.2. The molecule has 0 aromatic carbocycles. The number of hydrogen-bond acceptors (Lipinski definition) is 6. The minimum absolute atomic E-state index is 0.0333. The minimum atomic E-state index is -3.19. The monoisotopic (exact) mass is 338 g/mol. The molecule has 1 aromatic heterocycles. The zero-order chi connectivity index (χ0) is 16.7. The van der Waals surface area contributed by atoms with Gasteiger partial charge < -0.3 is 4.74 Å². The highest BCUT2D eigenvalue weighted by Gasteiger charge is 2.26. The topological polar surface area (TPSA) is 105 Å². The Morgan fingerprint density at radius 1 is 1.30 bits per heavy atom. The third-order valence-electron chi connectivity index (χ3n) is 3.84. The van der Waals surface area contributed by atoms with Crippen molar-refractivity contribution in [1.82, 2.24) is 14.7 Å². The molecule has 0 amide bonds. The third kappa shape index (κ3) is 5.44. The number of nitrogens with zero attached hydrogens (tertiary/aromatic N) is 3. The van der Waals surface area contributed by atoms with Gasteiger partial charge in [0.25, 0.3) is 5.88 Å². The van der Waals surface area contributed by atoms with Gasteiger partial charge in [-0.3, -0.25) is 0 Å². The number of hydrogen-bond donors (Lipinski definition) is 1. The summed E-state index contributed by atoms with van der Waals surface area (Å²) in [6, 6.07) is 1.92. The quantitative estimate of drug-likeness (QED) is 0.812. The molecule has 1 aromatic rings. The molecule has 1 N–H and O–H groups in total. The zero-order valence-corrected chi connectivity index (χ0v) is 14.1. The molecule has 1 fully saturated rings. The number of unbranched alkanes of at least 4 members (excludes halogenated alkanes) is 1. The maximum Gasteiger partial charge on any atom is 0.251 e. The SMILES string of the molecule is CCCCS(=O)(=O)NC1CCC(Oc2nccnc2C#N)CC1. The lowest BCUT2D eigenvalue weighted by molar-refractivity contribution is 0.137. The number of rotatable bonds is 7. The molecule has 1 saturated carbocycles. The highest BCUT2D eigenvalue weighted by molar-refractivity contribution is 7.89. The van der Waals surface area contributed by atoms with Gasteiger partial charge in [0.05, 0.1) is 5.75 Å². The predicted octanol–water partition coefficient (Wildman–Crippen LogP) is 1.76. The predicted molar refractivity (Wildman–Crippen MR) is 85.2 cm³/mol. The van der Waals surface area contributed by atoms with Crippen LogP contribution in [0.3, 0.4) is 0 Å². The number of sulfonamides is 1. The van der Waals surface area contributed by atoms with Crippen LogP contribution in [0.25, 0.3) is 0 Å². The lowest BCUT2D eigenvalue weighted by Crippen LogP contribution is -2.40. The average molecular weight is 338 g/mol. The lowest BCUT2D eigenvalue weighted by Gasteiger charge is -2.29. The van der Waals surface area contributed by atoms with Crippen molar-refractivity contribution >= 4 is 10.0 Å². The fraction of sp³-hybridized carbons (Fsp3) is 0.667. The van der Waals surface area contributed by atoms with Crippen LogP contribution >= 0.6 is 0 Å². The van der Waals surface area contributed by atoms with E-state index < -0.39 is 10.0 Å². The molecule has 0 atom stereocenters. The Kier molecular flexibility index (Phi) is 6.30. The van der Waals surface area contributed by atoms with Gasteiger partial charge in [0.15, 0.2) is 0 Å². The van der Waals surface area contributed by atoms with Crippen molar-refractivity contribution in [2.45, 2.75) is 57.6 Å². The molecule has 0 saturated heterocycles. The molecule has 0 radical (unpaired) electrons. The van der Waals surface area contributed by atoms with E-state index in [1.165, 1.54) is 12.4 Å². The normalized spacial score (nSPS) is 21.6. The first kappa shape index (κ1) is 17.6. The molecule has 0 unspecified atom stereocenters. The summed E-state index contributed by atoms with van der Waals surface area (Å²) in [5, 5.41) is 8.98. The van der Waals surface area contributed by atoms with E-state index in [1.807, 2.05) is 13.0 Å². The van der Waals surface area contributed by atoms with Crippen molar-refractivity contribution in [1.29, 1.82) is 5.26 Å². The Morgan fingerprint density at radius 2 is 2.00 bits per heavy atom. The molecule has 1 heterocycles. The smallest absolute Gasteiger partial charge is 0.251 e. The van der Waals surface area contributed by atoms with Crippen LogP contribution in [0.1, 0.15) is 51.1 Å². The van der Waals surface area contributed by atoms with Crippen LogP contribution < -0.4 is 9.46 Å². The van der Waals surface area contributed by atoms with Crippen LogP contribution in [-0.4, -0.2) is 36.3 Å². The van der Waals surface area contributed by atoms with Gasteiger partial charge in [-0.1, -0.05) is 13.3 Å². The first-order chi connectivity index (χ1) is 11.0. The van der Waals surface area contributed by atoms with E-state index in [0.29, 0.717) is 6.42 Å². The number of ether oxygens (including phenoxy) is 1. The molecule has 7 nitrogen and oxygen atoms in total. The van der Waals surface area contributed by atoms with Crippen molar-refractivity contribution in [3.05, 3.63) is 18.1 Å². The van der Waals surface area contributed by atoms with Gasteiger partial charge in [0.1, 0.15) is 12.2 Å². The Labute approximate surface area is 137 Å². The largest absolute Gasteiger partial charge is 0.472 e. The van der Waals surface area contributed by atoms with Crippen molar-refractivity contribution in [2.75, 3.05) is 5.75 Å². The lowest BCUT2D eigenvalue weighted by atomic mass is 9.94. The summed E-state index contributed by atoms with van der Waals surface area (Å²) >= 11 is 0. The first-order valence-corrected chi connectivity index (χ1v) is 9.57. The second-order valence-corrected chi connectivity index (χ2v) is 7.58. The van der Waals surface area contributed by atoms with Gasteiger partial charge in [0.2, 0.25) is 15.7 Å². The Bertz CT molecular complexity index is 649. The summed E-state index contributed by atoms with van der Waals surface area (Å²) in [6.07, 6.45) is 7.31. The summed E-state index contributed by atoms with van der Waals surface area (Å²) < 4.78 is 32.4. The number of nitriles is 1. The minimum Gasteiger partial charge on any atom is -0.472 e. The van der Waals surface area contributed by atoms with E-state index in [1.54, 1.807) is 0 Å². The Morgan fingerprint density at radius 3 is 2.65 bits per heavy atom. The van der Waals surface area contributed by atoms with Crippen LogP contribution in [0, 0.1) is 11.3 Å². The molecule has 23 heavy (non-hydrogen) atoms. The van der Waals surface area contributed by atoms with Gasteiger partial charge in [-0.2, -0.15) is 5.26 Å². The van der Waals surface area contributed by atoms with E-state index in [0.717, 1.165) is 32.1 Å². The molecule has 0 spiro atoms. The molecule has 126 valence electrons. The average Bonchev–Trinajstić information content (AvgIpc) is 2.55. The molecule has 1 aliphatic carbocycles. The van der Waals surface area contributed by atoms with Gasteiger partial charge in [-0.25, -0.2) is 23.1 Å². The highest BCUT2D eigenvalue weighted by atomic mass is 32.2. The van der Waals surface area contributed by atoms with Crippen LogP contribution in [-0.2, 0) is 10.0 Å². The van der Waals surface area contributed by atoms with E-state index >= 15 is 0 Å². The van der Waals surface area contributed by atoms with E-state index in [9.17, 15) is 8.42 Å². The van der Waals surface area contributed by atoms with Crippen molar-refractivity contribution < 1.29 is 13.2 Å². The number of nitrogens with one attached hydrogen (secondary N) is 1. The summed E-state index contributed by atoms with van der Waals surface area (Å²) in [5.74, 6) is 0.437. The van der Waals surface area contributed by atoms with Gasteiger partial charge in [-0.05, 0) is 32.1 Å². The summed E-state index contributed by atoms with van der Waals surface area (Å²) in [4.78, 5) is 7.95. The first-order valence-electron chi connectivity index (χ1n) is 7.92. The molecule has 2 rings (SSSR count). The third-order valence-corrected chi connectivity index (χ3v) is 5.35. The fourth-order valence-electron chi connectivity index (χ4n) is 2.59. The van der Waals surface area contributed by atoms with Crippen molar-refractivity contribution in [2.24, 2.45) is 0 Å². The van der Waals surface area contributed by atoms with Crippen LogP contribution in [0.2, 0.25) is 0 Å². The molecular formula is C15H22N4O3S. The second kappa shape index (κ2) is 8.22. The molecule has 0 bridgehead atoms. The van der Waals surface area contributed by atoms with Crippen molar-refractivity contribution in [3.63, 3.8) is 0 Å². The number of aromatic nitrogens is 2. The summed E-state index contributed by atoms with van der Waals surface area (Å²) in [7, 11) is -3.19. The van der Waals surface area contributed by atoms with Gasteiger partial charge in [0, 0.05) is 18.4 Å². The fourth-order valence-corrected chi connectivity index (χ4v) is 4.12. The highest BCUT2D eigenvalue weighted by Crippen LogP contribution is 2.24. The van der Waals surface area contributed by atoms with Gasteiger partial charge in [-0.15, -0.1) is 0 Å². The Hall–Kier alpha value is -1.72. The van der Waals surface area contributed by atoms with Crippen LogP contribution in [0.4, 0.5) is 0 Å². The van der Waals surface area contributed by atoms with E-state index in [-0.39, 0.29) is 29.5 Å². The maximum absolute atomic E-state index is 11.9. The Balaban J connectivity index is 1.83. The summed E-state index contributed by atoms with van der Waals surface area (Å²) in [5.41, 5.74) is 0.176. The van der Waals surface area contributed by atoms with Gasteiger partial charge >= 0.3 is 0 Å².